The third-order valence-electron chi connectivity index (χ3n) is 5.73. The van der Waals surface area contributed by atoms with E-state index >= 15 is 0 Å². The van der Waals surface area contributed by atoms with Gasteiger partial charge < -0.3 is 18.9 Å². The minimum atomic E-state index is -0.878. The zero-order valence-electron chi connectivity index (χ0n) is 17.6. The Bertz CT molecular complexity index is 656. The molecule has 5 atom stereocenters. The number of hydrogen-bond acceptors (Lipinski definition) is 6. The van der Waals surface area contributed by atoms with E-state index in [1.54, 1.807) is 13.8 Å². The molecule has 0 radical (unpaired) electrons. The Labute approximate surface area is 167 Å². The molecule has 0 aromatic heterocycles. The van der Waals surface area contributed by atoms with E-state index in [2.05, 4.69) is 0 Å². The zero-order valence-corrected chi connectivity index (χ0v) is 17.6. The van der Waals surface area contributed by atoms with Gasteiger partial charge in [-0.1, -0.05) is 44.2 Å². The molecule has 28 heavy (non-hydrogen) atoms. The minimum absolute atomic E-state index is 0.0393. The molecule has 1 aliphatic rings. The van der Waals surface area contributed by atoms with Crippen LogP contribution in [0.15, 0.2) is 30.3 Å². The highest BCUT2D eigenvalue weighted by Crippen LogP contribution is 2.42. The van der Waals surface area contributed by atoms with Gasteiger partial charge in [0.15, 0.2) is 0 Å². The van der Waals surface area contributed by atoms with Gasteiger partial charge in [0.1, 0.15) is 0 Å². The molecule has 6 heteroatoms. The molecule has 0 N–H and O–H groups in total. The van der Waals surface area contributed by atoms with Crippen LogP contribution in [0.4, 0.5) is 0 Å². The molecule has 0 amide bonds. The average Bonchev–Trinajstić information content (AvgIpc) is 2.69. The summed E-state index contributed by atoms with van der Waals surface area (Å²) in [7, 11) is 2.73. The van der Waals surface area contributed by atoms with Crippen molar-refractivity contribution in [3.63, 3.8) is 0 Å². The first kappa shape index (κ1) is 22.4. The van der Waals surface area contributed by atoms with E-state index in [0.29, 0.717) is 6.61 Å². The summed E-state index contributed by atoms with van der Waals surface area (Å²) in [4.78, 5) is 24.3. The van der Waals surface area contributed by atoms with Crippen LogP contribution in [0, 0.1) is 17.3 Å². The van der Waals surface area contributed by atoms with Crippen molar-refractivity contribution >= 4 is 11.9 Å². The van der Waals surface area contributed by atoms with E-state index in [0.717, 1.165) is 5.56 Å². The molecule has 2 rings (SSSR count). The first-order chi connectivity index (χ1) is 13.2. The summed E-state index contributed by atoms with van der Waals surface area (Å²) in [6.45, 7) is 8.10. The second-order valence-electron chi connectivity index (χ2n) is 8.07. The molecule has 1 fully saturated rings. The summed E-state index contributed by atoms with van der Waals surface area (Å²) in [6, 6.07) is 9.93. The van der Waals surface area contributed by atoms with Crippen molar-refractivity contribution in [1.82, 2.24) is 0 Å². The van der Waals surface area contributed by atoms with Crippen molar-refractivity contribution in [1.29, 1.82) is 0 Å². The summed E-state index contributed by atoms with van der Waals surface area (Å²) < 4.78 is 22.4. The molecular formula is C22H32O6. The fraction of sp³-hybridized carbons (Fsp3) is 0.636. The van der Waals surface area contributed by atoms with Crippen LogP contribution in [0.5, 0.6) is 0 Å². The van der Waals surface area contributed by atoms with Crippen molar-refractivity contribution in [3.05, 3.63) is 35.9 Å². The third kappa shape index (κ3) is 4.92. The largest absolute Gasteiger partial charge is 0.469 e. The van der Waals surface area contributed by atoms with Gasteiger partial charge in [-0.05, 0) is 19.4 Å². The normalized spacial score (nSPS) is 27.9. The summed E-state index contributed by atoms with van der Waals surface area (Å²) >= 11 is 0. The number of rotatable bonds is 7. The van der Waals surface area contributed by atoms with Gasteiger partial charge in [-0.3, -0.25) is 9.59 Å². The smallest absolute Gasteiger partial charge is 0.313 e. The molecule has 156 valence electrons. The van der Waals surface area contributed by atoms with Crippen molar-refractivity contribution in [3.8, 4) is 0 Å². The molecule has 1 heterocycles. The van der Waals surface area contributed by atoms with Crippen LogP contribution in [-0.2, 0) is 35.1 Å². The molecule has 6 nitrogen and oxygen atoms in total. The van der Waals surface area contributed by atoms with E-state index < -0.39 is 17.6 Å². The first-order valence-corrected chi connectivity index (χ1v) is 9.68. The van der Waals surface area contributed by atoms with Crippen LogP contribution in [0.25, 0.3) is 0 Å². The molecular weight excluding hydrogens is 360 g/mol. The average molecular weight is 392 g/mol. The van der Waals surface area contributed by atoms with Gasteiger partial charge in [0, 0.05) is 11.8 Å². The Morgan fingerprint density at radius 1 is 1.04 bits per heavy atom. The van der Waals surface area contributed by atoms with Gasteiger partial charge in [0.2, 0.25) is 0 Å². The zero-order chi connectivity index (χ0) is 20.9. The fourth-order valence-corrected chi connectivity index (χ4v) is 4.06. The molecule has 1 aromatic carbocycles. The lowest BCUT2D eigenvalue weighted by Crippen LogP contribution is -2.57. The Balaban J connectivity index is 2.26. The predicted octanol–water partition coefficient (Wildman–Crippen LogP) is 3.37. The second kappa shape index (κ2) is 9.52. The van der Waals surface area contributed by atoms with Crippen molar-refractivity contribution in [2.45, 2.75) is 59.0 Å². The topological polar surface area (TPSA) is 71.1 Å². The van der Waals surface area contributed by atoms with E-state index in [-0.39, 0.29) is 36.3 Å². The summed E-state index contributed by atoms with van der Waals surface area (Å²) in [6.07, 6.45) is -0.925. The van der Waals surface area contributed by atoms with Crippen molar-refractivity contribution < 1.29 is 28.5 Å². The standard InChI is InChI=1S/C22H32O6/c1-14-17(12-18(23)25-5)28-20(22(3,4)21(24)26-6)15(2)19(14)27-13-16-10-8-7-9-11-16/h7-11,14-15,17,19-20H,12-13H2,1-6H3/t14-,15-,17+,19-,20-/m0/s1. The molecule has 1 aliphatic heterocycles. The lowest BCUT2D eigenvalue weighted by Gasteiger charge is -2.48. The van der Waals surface area contributed by atoms with Gasteiger partial charge in [0.25, 0.3) is 0 Å². The molecule has 0 saturated carbocycles. The lowest BCUT2D eigenvalue weighted by molar-refractivity contribution is -0.221. The highest BCUT2D eigenvalue weighted by Gasteiger charge is 2.51. The van der Waals surface area contributed by atoms with Crippen LogP contribution < -0.4 is 0 Å². The summed E-state index contributed by atoms with van der Waals surface area (Å²) in [5.74, 6) is -0.801. The van der Waals surface area contributed by atoms with E-state index in [1.165, 1.54) is 14.2 Å². The third-order valence-corrected chi connectivity index (χ3v) is 5.73. The Hall–Kier alpha value is -1.92. The number of ether oxygens (including phenoxy) is 4. The number of esters is 2. The number of carbonyl (C=O) groups is 2. The molecule has 0 unspecified atom stereocenters. The first-order valence-electron chi connectivity index (χ1n) is 9.68. The number of carbonyl (C=O) groups excluding carboxylic acids is 2. The van der Waals surface area contributed by atoms with Crippen molar-refractivity contribution in [2.75, 3.05) is 14.2 Å². The number of benzene rings is 1. The maximum absolute atomic E-state index is 12.4. The van der Waals surface area contributed by atoms with Gasteiger partial charge in [-0.25, -0.2) is 0 Å². The number of hydrogen-bond donors (Lipinski definition) is 0. The summed E-state index contributed by atoms with van der Waals surface area (Å²) in [5.41, 5.74) is 0.193. The molecule has 0 spiro atoms. The van der Waals surface area contributed by atoms with E-state index in [9.17, 15) is 9.59 Å². The van der Waals surface area contributed by atoms with Crippen LogP contribution >= 0.6 is 0 Å². The van der Waals surface area contributed by atoms with Gasteiger partial charge in [-0.2, -0.15) is 0 Å². The maximum atomic E-state index is 12.4. The SMILES string of the molecule is COC(=O)C[C@H]1O[C@H](C(C)(C)C(=O)OC)[C@@H](C)[C@@H](OCc2ccccc2)[C@H]1C. The van der Waals surface area contributed by atoms with Gasteiger partial charge in [-0.15, -0.1) is 0 Å². The Morgan fingerprint density at radius 3 is 2.25 bits per heavy atom. The van der Waals surface area contributed by atoms with Crippen molar-refractivity contribution in [2.24, 2.45) is 17.3 Å². The highest BCUT2D eigenvalue weighted by atomic mass is 16.5. The Kier molecular flexibility index (Phi) is 7.61. The maximum Gasteiger partial charge on any atom is 0.313 e. The summed E-state index contributed by atoms with van der Waals surface area (Å²) in [5, 5.41) is 0. The Morgan fingerprint density at radius 2 is 1.68 bits per heavy atom. The lowest BCUT2D eigenvalue weighted by atomic mass is 9.72. The van der Waals surface area contributed by atoms with Crippen LogP contribution in [0.2, 0.25) is 0 Å². The second-order valence-corrected chi connectivity index (χ2v) is 8.07. The van der Waals surface area contributed by atoms with Gasteiger partial charge >= 0.3 is 11.9 Å². The minimum Gasteiger partial charge on any atom is -0.469 e. The number of methoxy groups -OCH3 is 2. The molecule has 1 aromatic rings. The van der Waals surface area contributed by atoms with Gasteiger partial charge in [0.05, 0.1) is 51.0 Å². The van der Waals surface area contributed by atoms with Crippen LogP contribution in [0.3, 0.4) is 0 Å². The van der Waals surface area contributed by atoms with Crippen LogP contribution in [0.1, 0.15) is 39.7 Å². The monoisotopic (exact) mass is 392 g/mol. The fourth-order valence-electron chi connectivity index (χ4n) is 4.06. The molecule has 0 aliphatic carbocycles. The molecule has 0 bridgehead atoms. The predicted molar refractivity (Wildman–Crippen MR) is 104 cm³/mol. The van der Waals surface area contributed by atoms with E-state index in [4.69, 9.17) is 18.9 Å². The quantitative estimate of drug-likeness (QED) is 0.663. The highest BCUT2D eigenvalue weighted by molar-refractivity contribution is 5.76. The van der Waals surface area contributed by atoms with E-state index in [1.807, 2.05) is 44.2 Å². The van der Waals surface area contributed by atoms with Crippen LogP contribution in [-0.4, -0.2) is 44.5 Å². The molecule has 1 saturated heterocycles.